The molecule has 0 spiro atoms. The van der Waals surface area contributed by atoms with Gasteiger partial charge in [-0.05, 0) is 63.5 Å². The van der Waals surface area contributed by atoms with E-state index in [0.29, 0.717) is 19.8 Å². The average Bonchev–Trinajstić information content (AvgIpc) is 2.85. The van der Waals surface area contributed by atoms with Crippen LogP contribution in [-0.4, -0.2) is 61.6 Å². The topological polar surface area (TPSA) is 54.0 Å². The Kier molecular flexibility index (Phi) is 15.1. The predicted octanol–water partition coefficient (Wildman–Crippen LogP) is 6.78. The molecule has 0 N–H and O–H groups in total. The molecule has 5 nitrogen and oxygen atoms in total. The lowest BCUT2D eigenvalue weighted by atomic mass is 10.5. The van der Waals surface area contributed by atoms with Crippen molar-refractivity contribution >= 4 is 36.1 Å². The highest BCUT2D eigenvalue weighted by Crippen LogP contribution is 2.51. The van der Waals surface area contributed by atoms with Crippen molar-refractivity contribution in [1.82, 2.24) is 0 Å². The average molecular weight is 535 g/mol. The molecule has 0 aliphatic carbocycles. The summed E-state index contributed by atoms with van der Waals surface area (Å²) in [6.07, 6.45) is 2.12. The van der Waals surface area contributed by atoms with Gasteiger partial charge in [-0.15, -0.1) is 0 Å². The Balaban J connectivity index is 8.13. The van der Waals surface area contributed by atoms with Gasteiger partial charge >= 0.3 is 5.97 Å². The van der Waals surface area contributed by atoms with Crippen LogP contribution in [0.3, 0.4) is 0 Å². The van der Waals surface area contributed by atoms with E-state index in [1.165, 1.54) is 6.08 Å². The van der Waals surface area contributed by atoms with Crippen molar-refractivity contribution in [3.8, 4) is 0 Å². The molecule has 0 heterocycles. The van der Waals surface area contributed by atoms with Crippen LogP contribution in [0.5, 0.6) is 0 Å². The second kappa shape index (κ2) is 15.2. The highest BCUT2D eigenvalue weighted by molar-refractivity contribution is 7.88. The van der Waals surface area contributed by atoms with E-state index in [-0.39, 0.29) is 11.7 Å². The third-order valence-electron chi connectivity index (χ3n) is 8.12. The second-order valence-electron chi connectivity index (χ2n) is 8.75. The van der Waals surface area contributed by atoms with Gasteiger partial charge < -0.3 is 18.0 Å². The Hall–Kier alpha value is -0.0425. The predicted molar refractivity (Wildman–Crippen MR) is 151 cm³/mol. The lowest BCUT2D eigenvalue weighted by molar-refractivity contribution is -0.139. The van der Waals surface area contributed by atoms with Crippen LogP contribution >= 0.6 is 0 Å². The summed E-state index contributed by atoms with van der Waals surface area (Å²) in [4.78, 5) is 12.8. The van der Waals surface area contributed by atoms with E-state index in [1.54, 1.807) is 0 Å². The number of carbonyl (C=O) groups excluding carboxylic acids is 1. The minimum Gasteiger partial charge on any atom is -0.464 e. The van der Waals surface area contributed by atoms with Crippen molar-refractivity contribution in [2.45, 2.75) is 118 Å². The number of ether oxygens (including phenoxy) is 1. The summed E-state index contributed by atoms with van der Waals surface area (Å²) in [6, 6.07) is 6.14. The number of hydrogen-bond donors (Lipinski definition) is 0. The first-order chi connectivity index (χ1) is 15.7. The molecule has 0 aromatic carbocycles. The zero-order valence-electron chi connectivity index (χ0n) is 23.5. The fraction of sp³-hybridized carbons (Fsp3) is 0.875. The van der Waals surface area contributed by atoms with E-state index < -0.39 is 30.1 Å². The van der Waals surface area contributed by atoms with Crippen molar-refractivity contribution in [3.63, 3.8) is 0 Å². The molecular weight excluding hydrogens is 481 g/mol. The van der Waals surface area contributed by atoms with Gasteiger partial charge in [-0.2, -0.15) is 0 Å². The van der Waals surface area contributed by atoms with Gasteiger partial charge in [-0.25, -0.2) is 4.79 Å². The zero-order valence-corrected chi connectivity index (χ0v) is 27.5. The van der Waals surface area contributed by atoms with E-state index in [0.717, 1.165) is 42.7 Å². The summed E-state index contributed by atoms with van der Waals surface area (Å²) in [6.45, 7) is 25.7. The van der Waals surface area contributed by atoms with Gasteiger partial charge in [-0.1, -0.05) is 55.0 Å². The highest BCUT2D eigenvalue weighted by Gasteiger charge is 2.80. The molecule has 0 aliphatic rings. The largest absolute Gasteiger partial charge is 0.464 e. The van der Waals surface area contributed by atoms with Crippen LogP contribution in [0, 0.1) is 0 Å². The van der Waals surface area contributed by atoms with Gasteiger partial charge in [0, 0.05) is 25.9 Å². The van der Waals surface area contributed by atoms with E-state index in [2.05, 4.69) is 75.8 Å². The Morgan fingerprint density at radius 1 is 0.667 bits per heavy atom. The molecule has 0 amide bonds. The summed E-state index contributed by atoms with van der Waals surface area (Å²) >= 11 is 0. The van der Waals surface area contributed by atoms with Crippen LogP contribution in [0.15, 0.2) is 12.7 Å². The number of esters is 1. The molecule has 1 atom stereocenters. The second-order valence-corrected chi connectivity index (χ2v) is 41.9. The zero-order chi connectivity index (χ0) is 25.8. The summed E-state index contributed by atoms with van der Waals surface area (Å²) < 4.78 is 27.7. The molecular formula is C24H54O5Si4. The van der Waals surface area contributed by atoms with Gasteiger partial charge in [0.25, 0.3) is 0 Å². The van der Waals surface area contributed by atoms with E-state index in [9.17, 15) is 4.79 Å². The third kappa shape index (κ3) is 5.70. The maximum atomic E-state index is 12.8. The normalized spacial score (nSPS) is 14.2. The van der Waals surface area contributed by atoms with Crippen molar-refractivity contribution in [2.24, 2.45) is 0 Å². The highest BCUT2D eigenvalue weighted by atomic mass is 29.9. The Morgan fingerprint density at radius 2 is 0.970 bits per heavy atom. The molecule has 0 fully saturated rings. The number of rotatable bonds is 19. The Labute approximate surface area is 208 Å². The van der Waals surface area contributed by atoms with Crippen LogP contribution in [0.2, 0.25) is 36.3 Å². The Bertz CT molecular complexity index is 520. The third-order valence-corrected chi connectivity index (χ3v) is 71.4. The van der Waals surface area contributed by atoms with Crippen molar-refractivity contribution in [1.29, 1.82) is 0 Å². The van der Waals surface area contributed by atoms with Crippen LogP contribution in [0.1, 0.15) is 75.7 Å². The quantitative estimate of drug-likeness (QED) is 0.104. The number of hydrogen-bond acceptors (Lipinski definition) is 5. The minimum absolute atomic E-state index is 0.155. The number of carbonyl (C=O) groups is 1. The molecule has 1 unspecified atom stereocenters. The monoisotopic (exact) mass is 534 g/mol. The molecule has 0 rings (SSSR count). The van der Waals surface area contributed by atoms with Crippen LogP contribution < -0.4 is 0 Å². The van der Waals surface area contributed by atoms with Gasteiger partial charge in [-0.3, -0.25) is 0 Å². The van der Waals surface area contributed by atoms with Gasteiger partial charge in [0.2, 0.25) is 0 Å². The first-order valence-electron chi connectivity index (χ1n) is 13.5. The van der Waals surface area contributed by atoms with Crippen LogP contribution in [0.25, 0.3) is 0 Å². The molecule has 33 heavy (non-hydrogen) atoms. The van der Waals surface area contributed by atoms with Crippen LogP contribution in [0.4, 0.5) is 0 Å². The molecule has 9 heteroatoms. The fourth-order valence-corrected chi connectivity index (χ4v) is 94.5. The van der Waals surface area contributed by atoms with Gasteiger partial charge in [0.15, 0.2) is 30.1 Å². The fourth-order valence-electron chi connectivity index (χ4n) is 7.00. The molecule has 0 aromatic rings. The van der Waals surface area contributed by atoms with E-state index in [4.69, 9.17) is 18.0 Å². The lowest BCUT2D eigenvalue weighted by Gasteiger charge is -2.63. The molecule has 0 radical (unpaired) electrons. The van der Waals surface area contributed by atoms with E-state index in [1.807, 2.05) is 0 Å². The lowest BCUT2D eigenvalue weighted by Crippen LogP contribution is -2.95. The molecule has 0 saturated heterocycles. The summed E-state index contributed by atoms with van der Waals surface area (Å²) in [5.74, 6) is -0.316. The standard InChI is InChI=1S/C24H54O5Si4/c1-12-23(25)29-24(13-2)33(30(17-6,18-7)26-14-3,31(19-8,20-9)27-15-4)32(21-10,22-11)28-16-5/h12,24H,1,13-22H2,2-11H3. The minimum atomic E-state index is -2.65. The first-order valence-corrected chi connectivity index (χ1v) is 25.5. The first kappa shape index (κ1) is 33.0. The van der Waals surface area contributed by atoms with E-state index >= 15 is 0 Å². The van der Waals surface area contributed by atoms with Crippen molar-refractivity contribution in [3.05, 3.63) is 12.7 Å². The summed E-state index contributed by atoms with van der Waals surface area (Å²) in [7, 11) is -7.25. The molecule has 0 bridgehead atoms. The smallest absolute Gasteiger partial charge is 0.330 e. The maximum Gasteiger partial charge on any atom is 0.330 e. The van der Waals surface area contributed by atoms with Gasteiger partial charge in [0.05, 0.1) is 5.73 Å². The van der Waals surface area contributed by atoms with Crippen molar-refractivity contribution in [2.75, 3.05) is 19.8 Å². The summed E-state index contributed by atoms with van der Waals surface area (Å²) in [5.41, 5.74) is -0.155. The van der Waals surface area contributed by atoms with Gasteiger partial charge in [0.1, 0.15) is 0 Å². The summed E-state index contributed by atoms with van der Waals surface area (Å²) in [5, 5.41) is 0. The van der Waals surface area contributed by atoms with Crippen molar-refractivity contribution < 1.29 is 22.8 Å². The SMILES string of the molecule is C=CC(=O)OC(CC)[Si]([Si](CC)(CC)OCC)([Si](CC)(CC)OCC)[Si](CC)(CC)OCC. The Morgan fingerprint density at radius 3 is 1.15 bits per heavy atom. The molecule has 0 aromatic heterocycles. The molecule has 0 saturated carbocycles. The molecule has 0 aliphatic heterocycles. The maximum absolute atomic E-state index is 12.8. The van der Waals surface area contributed by atoms with Crippen LogP contribution in [-0.2, 0) is 22.8 Å². The molecule has 196 valence electrons.